The Morgan fingerprint density at radius 1 is 1.08 bits per heavy atom. The molecule has 2 aromatic carbocycles. The molecule has 132 valence electrons. The quantitative estimate of drug-likeness (QED) is 0.822. The lowest BCUT2D eigenvalue weighted by atomic mass is 9.95. The van der Waals surface area contributed by atoms with Crippen molar-refractivity contribution in [3.05, 3.63) is 64.0 Å². The maximum Gasteiger partial charge on any atom is 0.243 e. The van der Waals surface area contributed by atoms with Gasteiger partial charge in [0.1, 0.15) is 5.82 Å². The van der Waals surface area contributed by atoms with E-state index in [-0.39, 0.29) is 30.2 Å². The van der Waals surface area contributed by atoms with Crippen molar-refractivity contribution in [3.8, 4) is 0 Å². The van der Waals surface area contributed by atoms with E-state index < -0.39 is 15.8 Å². The summed E-state index contributed by atoms with van der Waals surface area (Å²) in [6.45, 7) is 5.24. The van der Waals surface area contributed by atoms with Crippen molar-refractivity contribution in [3.63, 3.8) is 0 Å². The lowest BCUT2D eigenvalue weighted by Gasteiger charge is -2.21. The molecule has 0 atom stereocenters. The summed E-state index contributed by atoms with van der Waals surface area (Å²) >= 11 is 0. The van der Waals surface area contributed by atoms with Crippen LogP contribution in [0.4, 0.5) is 4.39 Å². The molecule has 0 amide bonds. The van der Waals surface area contributed by atoms with Gasteiger partial charge in [0.2, 0.25) is 10.0 Å². The Labute approximate surface area is 147 Å². The van der Waals surface area contributed by atoms with Crippen LogP contribution >= 0.6 is 0 Å². The summed E-state index contributed by atoms with van der Waals surface area (Å²) in [5, 5.41) is 0. The van der Waals surface area contributed by atoms with E-state index in [1.54, 1.807) is 44.2 Å². The summed E-state index contributed by atoms with van der Waals surface area (Å²) in [4.78, 5) is 12.7. The molecule has 2 aromatic rings. The Bertz CT molecular complexity index is 950. The molecule has 1 aliphatic heterocycles. The second kappa shape index (κ2) is 6.35. The minimum atomic E-state index is -3.72. The zero-order valence-electron chi connectivity index (χ0n) is 14.5. The largest absolute Gasteiger partial charge is 0.294 e. The van der Waals surface area contributed by atoms with Gasteiger partial charge in [-0.2, -0.15) is 4.31 Å². The van der Waals surface area contributed by atoms with Gasteiger partial charge >= 0.3 is 0 Å². The number of carbonyl (C=O) groups excluding carboxylic acids is 1. The predicted octanol–water partition coefficient (Wildman–Crippen LogP) is 3.53. The number of hydrogen-bond donors (Lipinski definition) is 0. The van der Waals surface area contributed by atoms with E-state index in [4.69, 9.17) is 0 Å². The average molecular weight is 361 g/mol. The first-order chi connectivity index (χ1) is 11.7. The lowest BCUT2D eigenvalue weighted by molar-refractivity contribution is 0.0980. The molecule has 3 rings (SSSR count). The maximum atomic E-state index is 14.2. The number of fused-ring (bicyclic) bond motifs is 1. The van der Waals surface area contributed by atoms with E-state index in [9.17, 15) is 17.6 Å². The Morgan fingerprint density at radius 3 is 2.36 bits per heavy atom. The second-order valence-electron chi connectivity index (χ2n) is 6.49. The number of hydrogen-bond acceptors (Lipinski definition) is 3. The highest BCUT2D eigenvalue weighted by molar-refractivity contribution is 7.89. The summed E-state index contributed by atoms with van der Waals surface area (Å²) in [6, 6.07) is 8.21. The molecule has 0 spiro atoms. The van der Waals surface area contributed by atoms with Crippen molar-refractivity contribution in [2.45, 2.75) is 38.6 Å². The van der Waals surface area contributed by atoms with Gasteiger partial charge in [-0.05, 0) is 49.6 Å². The highest BCUT2D eigenvalue weighted by Gasteiger charge is 2.31. The van der Waals surface area contributed by atoms with Crippen LogP contribution in [0.3, 0.4) is 0 Å². The number of ketones is 1. The molecule has 1 aliphatic rings. The highest BCUT2D eigenvalue weighted by Crippen LogP contribution is 2.29. The average Bonchev–Trinajstić information content (AvgIpc) is 2.72. The number of benzene rings is 2. The molecule has 0 saturated carbocycles. The minimum absolute atomic E-state index is 0.0431. The minimum Gasteiger partial charge on any atom is -0.294 e. The van der Waals surface area contributed by atoms with Crippen molar-refractivity contribution in [1.82, 2.24) is 4.31 Å². The van der Waals surface area contributed by atoms with E-state index in [0.29, 0.717) is 22.3 Å². The SMILES string of the molecule is Cc1ccc(S(=O)(=O)N2CCC(=O)c3c(cc(C)c(F)c3C)C2)cc1. The van der Waals surface area contributed by atoms with Gasteiger partial charge in [0.15, 0.2) is 5.78 Å². The third kappa shape index (κ3) is 3.12. The molecule has 0 saturated heterocycles. The number of nitrogens with zero attached hydrogens (tertiary/aromatic N) is 1. The third-order valence-corrected chi connectivity index (χ3v) is 6.49. The lowest BCUT2D eigenvalue weighted by Crippen LogP contribution is -2.31. The molecule has 0 bridgehead atoms. The number of rotatable bonds is 2. The molecule has 0 N–H and O–H groups in total. The normalized spacial score (nSPS) is 15.8. The Hall–Kier alpha value is -2.05. The standard InChI is InChI=1S/C19H20FNO3S/c1-12-4-6-16(7-5-12)25(23,24)21-9-8-17(22)18-14(3)19(20)13(2)10-15(18)11-21/h4-7,10H,8-9,11H2,1-3H3. The Balaban J connectivity index is 2.07. The molecule has 0 unspecified atom stereocenters. The van der Waals surface area contributed by atoms with E-state index in [2.05, 4.69) is 0 Å². The summed E-state index contributed by atoms with van der Waals surface area (Å²) in [5.74, 6) is -0.616. The summed E-state index contributed by atoms with van der Waals surface area (Å²) in [7, 11) is -3.72. The van der Waals surface area contributed by atoms with Gasteiger partial charge in [-0.1, -0.05) is 23.8 Å². The van der Waals surface area contributed by atoms with E-state index in [1.165, 1.54) is 4.31 Å². The molecule has 4 nitrogen and oxygen atoms in total. The molecule has 6 heteroatoms. The first-order valence-electron chi connectivity index (χ1n) is 8.10. The van der Waals surface area contributed by atoms with Crippen molar-refractivity contribution in [2.75, 3.05) is 6.54 Å². The fourth-order valence-corrected chi connectivity index (χ4v) is 4.66. The van der Waals surface area contributed by atoms with Crippen LogP contribution in [-0.4, -0.2) is 25.1 Å². The van der Waals surface area contributed by atoms with Crippen molar-refractivity contribution in [2.24, 2.45) is 0 Å². The monoisotopic (exact) mass is 361 g/mol. The number of aryl methyl sites for hydroxylation is 2. The summed E-state index contributed by atoms with van der Waals surface area (Å²) < 4.78 is 41.4. The van der Waals surface area contributed by atoms with Crippen LogP contribution in [0.15, 0.2) is 35.2 Å². The van der Waals surface area contributed by atoms with Gasteiger partial charge in [-0.25, -0.2) is 12.8 Å². The van der Waals surface area contributed by atoms with Gasteiger partial charge in [0.05, 0.1) is 4.90 Å². The predicted molar refractivity (Wildman–Crippen MR) is 93.6 cm³/mol. The topological polar surface area (TPSA) is 54.5 Å². The van der Waals surface area contributed by atoms with E-state index in [0.717, 1.165) is 5.56 Å². The van der Waals surface area contributed by atoms with Crippen LogP contribution in [0, 0.1) is 26.6 Å². The Morgan fingerprint density at radius 2 is 1.72 bits per heavy atom. The summed E-state index contributed by atoms with van der Waals surface area (Å²) in [5.41, 5.74) is 2.57. The molecule has 0 aromatic heterocycles. The van der Waals surface area contributed by atoms with Crippen LogP contribution in [0.2, 0.25) is 0 Å². The number of carbonyl (C=O) groups is 1. The number of Topliss-reactive ketones (excluding diaryl/α,β-unsaturated/α-hetero) is 1. The Kier molecular flexibility index (Phi) is 4.51. The fraction of sp³-hybridized carbons (Fsp3) is 0.316. The van der Waals surface area contributed by atoms with Crippen LogP contribution in [0.1, 0.15) is 39.0 Å². The van der Waals surface area contributed by atoms with Crippen molar-refractivity contribution in [1.29, 1.82) is 0 Å². The maximum absolute atomic E-state index is 14.2. The van der Waals surface area contributed by atoms with Gasteiger partial charge < -0.3 is 0 Å². The smallest absolute Gasteiger partial charge is 0.243 e. The molecule has 0 fully saturated rings. The first-order valence-corrected chi connectivity index (χ1v) is 9.54. The fourth-order valence-electron chi connectivity index (χ4n) is 3.24. The molecular formula is C19H20FNO3S. The van der Waals surface area contributed by atoms with Crippen LogP contribution < -0.4 is 0 Å². The van der Waals surface area contributed by atoms with E-state index >= 15 is 0 Å². The molecule has 0 radical (unpaired) electrons. The molecule has 25 heavy (non-hydrogen) atoms. The highest BCUT2D eigenvalue weighted by atomic mass is 32.2. The molecule has 0 aliphatic carbocycles. The zero-order valence-corrected chi connectivity index (χ0v) is 15.3. The number of sulfonamides is 1. The first kappa shape index (κ1) is 17.8. The van der Waals surface area contributed by atoms with Gasteiger partial charge in [-0.15, -0.1) is 0 Å². The van der Waals surface area contributed by atoms with Gasteiger partial charge in [0.25, 0.3) is 0 Å². The van der Waals surface area contributed by atoms with Crippen LogP contribution in [-0.2, 0) is 16.6 Å². The van der Waals surface area contributed by atoms with Crippen LogP contribution in [0.25, 0.3) is 0 Å². The molecule has 1 heterocycles. The van der Waals surface area contributed by atoms with E-state index in [1.807, 2.05) is 6.92 Å². The van der Waals surface area contributed by atoms with Crippen LogP contribution in [0.5, 0.6) is 0 Å². The second-order valence-corrected chi connectivity index (χ2v) is 8.43. The van der Waals surface area contributed by atoms with Crippen molar-refractivity contribution >= 4 is 15.8 Å². The zero-order chi connectivity index (χ0) is 18.4. The number of halogens is 1. The summed E-state index contributed by atoms with van der Waals surface area (Å²) in [6.07, 6.45) is 0.0431. The van der Waals surface area contributed by atoms with Crippen molar-refractivity contribution < 1.29 is 17.6 Å². The molecular weight excluding hydrogens is 341 g/mol. The van der Waals surface area contributed by atoms with Gasteiger partial charge in [0, 0.05) is 25.1 Å². The van der Waals surface area contributed by atoms with Gasteiger partial charge in [-0.3, -0.25) is 4.79 Å². The third-order valence-electron chi connectivity index (χ3n) is 4.63.